The van der Waals surface area contributed by atoms with Crippen molar-refractivity contribution in [3.05, 3.63) is 79.1 Å². The third-order valence-corrected chi connectivity index (χ3v) is 6.55. The molecule has 1 fully saturated rings. The Kier molecular flexibility index (Phi) is 6.23. The molecule has 0 unspecified atom stereocenters. The Bertz CT molecular complexity index is 1380. The van der Waals surface area contributed by atoms with E-state index in [4.69, 9.17) is 14.6 Å². The van der Waals surface area contributed by atoms with Crippen LogP contribution in [0, 0.1) is 6.92 Å². The fourth-order valence-electron chi connectivity index (χ4n) is 4.69. The first kappa shape index (κ1) is 22.7. The molecule has 0 aliphatic carbocycles. The lowest BCUT2D eigenvalue weighted by molar-refractivity contribution is -0.127. The maximum absolute atomic E-state index is 12.2. The predicted octanol–water partition coefficient (Wildman–Crippen LogP) is 5.56. The highest BCUT2D eigenvalue weighted by atomic mass is 16.5. The predicted molar refractivity (Wildman–Crippen MR) is 136 cm³/mol. The number of amides is 1. The highest BCUT2D eigenvalue weighted by molar-refractivity contribution is 5.93. The lowest BCUT2D eigenvalue weighted by Gasteiger charge is -2.32. The molecule has 35 heavy (non-hydrogen) atoms. The van der Waals surface area contributed by atoms with Crippen LogP contribution in [-0.2, 0) is 4.79 Å². The van der Waals surface area contributed by atoms with E-state index in [9.17, 15) is 4.79 Å². The fraction of sp³-hybridized carbons (Fsp3) is 0.250. The van der Waals surface area contributed by atoms with Crippen molar-refractivity contribution in [1.29, 1.82) is 0 Å². The Morgan fingerprint density at radius 1 is 1.14 bits per heavy atom. The van der Waals surface area contributed by atoms with Crippen LogP contribution in [0.3, 0.4) is 0 Å². The first-order valence-corrected chi connectivity index (χ1v) is 11.7. The van der Waals surface area contributed by atoms with Gasteiger partial charge in [-0.1, -0.05) is 12.6 Å². The number of piperidine rings is 1. The van der Waals surface area contributed by atoms with Crippen LogP contribution in [-0.4, -0.2) is 45.8 Å². The molecule has 3 heterocycles. The molecule has 1 amide bonds. The Morgan fingerprint density at radius 2 is 1.94 bits per heavy atom. The SMILES string of the molecule is C=CC(=O)N1CCC[C@@H](n2nc(-c3ccc(Oc4cccc(OC)c4C)cc3)c3cnccc32)C1. The summed E-state index contributed by atoms with van der Waals surface area (Å²) in [7, 11) is 1.65. The summed E-state index contributed by atoms with van der Waals surface area (Å²) in [4.78, 5) is 18.4. The van der Waals surface area contributed by atoms with Crippen LogP contribution in [0.4, 0.5) is 0 Å². The average Bonchev–Trinajstić information content (AvgIpc) is 3.30. The minimum atomic E-state index is -0.0325. The van der Waals surface area contributed by atoms with Gasteiger partial charge in [-0.3, -0.25) is 14.5 Å². The van der Waals surface area contributed by atoms with Crippen LogP contribution in [0.2, 0.25) is 0 Å². The number of carbonyl (C=O) groups is 1. The van der Waals surface area contributed by atoms with Gasteiger partial charge in [0.05, 0.1) is 18.7 Å². The van der Waals surface area contributed by atoms with Crippen LogP contribution >= 0.6 is 0 Å². The summed E-state index contributed by atoms with van der Waals surface area (Å²) in [5, 5.41) is 5.99. The van der Waals surface area contributed by atoms with Crippen LogP contribution in [0.25, 0.3) is 22.2 Å². The summed E-state index contributed by atoms with van der Waals surface area (Å²) < 4.78 is 13.6. The number of pyridine rings is 1. The number of rotatable bonds is 6. The average molecular weight is 469 g/mol. The van der Waals surface area contributed by atoms with Gasteiger partial charge in [-0.25, -0.2) is 0 Å². The van der Waals surface area contributed by atoms with Gasteiger partial charge in [-0.15, -0.1) is 0 Å². The summed E-state index contributed by atoms with van der Waals surface area (Å²) in [6, 6.07) is 15.8. The quantitative estimate of drug-likeness (QED) is 0.347. The van der Waals surface area contributed by atoms with E-state index < -0.39 is 0 Å². The minimum absolute atomic E-state index is 0.0325. The molecule has 5 rings (SSSR count). The zero-order valence-electron chi connectivity index (χ0n) is 20.0. The van der Waals surface area contributed by atoms with Gasteiger partial charge < -0.3 is 14.4 Å². The van der Waals surface area contributed by atoms with E-state index in [0.29, 0.717) is 6.54 Å². The molecule has 178 valence electrons. The minimum Gasteiger partial charge on any atom is -0.496 e. The molecule has 4 aromatic rings. The second kappa shape index (κ2) is 9.62. The summed E-state index contributed by atoms with van der Waals surface area (Å²) >= 11 is 0. The van der Waals surface area contributed by atoms with Crippen LogP contribution in [0.1, 0.15) is 24.4 Å². The second-order valence-corrected chi connectivity index (χ2v) is 8.68. The molecule has 7 nitrogen and oxygen atoms in total. The van der Waals surface area contributed by atoms with Crippen molar-refractivity contribution in [3.8, 4) is 28.5 Å². The fourth-order valence-corrected chi connectivity index (χ4v) is 4.69. The number of hydrogen-bond donors (Lipinski definition) is 0. The van der Waals surface area contributed by atoms with Crippen molar-refractivity contribution in [3.63, 3.8) is 0 Å². The summed E-state index contributed by atoms with van der Waals surface area (Å²) in [5.41, 5.74) is 3.81. The first-order valence-electron chi connectivity index (χ1n) is 11.7. The Morgan fingerprint density at radius 3 is 2.71 bits per heavy atom. The van der Waals surface area contributed by atoms with E-state index in [1.807, 2.05) is 66.6 Å². The van der Waals surface area contributed by atoms with Gasteiger partial charge in [0.25, 0.3) is 0 Å². The molecule has 0 bridgehead atoms. The van der Waals surface area contributed by atoms with E-state index in [2.05, 4.69) is 16.2 Å². The lowest BCUT2D eigenvalue weighted by Crippen LogP contribution is -2.40. The number of nitrogens with zero attached hydrogens (tertiary/aromatic N) is 4. The Balaban J connectivity index is 1.45. The smallest absolute Gasteiger partial charge is 0.246 e. The molecule has 0 saturated carbocycles. The van der Waals surface area contributed by atoms with Gasteiger partial charge in [0.1, 0.15) is 22.9 Å². The van der Waals surface area contributed by atoms with E-state index in [-0.39, 0.29) is 11.9 Å². The van der Waals surface area contributed by atoms with Gasteiger partial charge in [-0.05, 0) is 68.3 Å². The van der Waals surface area contributed by atoms with E-state index in [0.717, 1.165) is 64.4 Å². The molecular formula is C28H28N4O3. The number of methoxy groups -OCH3 is 1. The Hall–Kier alpha value is -4.13. The van der Waals surface area contributed by atoms with E-state index >= 15 is 0 Å². The summed E-state index contributed by atoms with van der Waals surface area (Å²) in [6.45, 7) is 6.99. The molecule has 2 aromatic carbocycles. The molecule has 1 aliphatic rings. The lowest BCUT2D eigenvalue weighted by atomic mass is 10.1. The summed E-state index contributed by atoms with van der Waals surface area (Å²) in [6.07, 6.45) is 6.92. The third kappa shape index (κ3) is 4.37. The highest BCUT2D eigenvalue weighted by Gasteiger charge is 2.26. The normalized spacial score (nSPS) is 15.7. The molecule has 0 radical (unpaired) electrons. The molecule has 2 aromatic heterocycles. The molecule has 1 atom stereocenters. The van der Waals surface area contributed by atoms with Gasteiger partial charge in [-0.2, -0.15) is 5.10 Å². The number of carbonyl (C=O) groups excluding carboxylic acids is 1. The second-order valence-electron chi connectivity index (χ2n) is 8.68. The molecule has 7 heteroatoms. The van der Waals surface area contributed by atoms with Gasteiger partial charge in [0, 0.05) is 42.0 Å². The zero-order valence-corrected chi connectivity index (χ0v) is 20.0. The van der Waals surface area contributed by atoms with Crippen molar-refractivity contribution in [2.45, 2.75) is 25.8 Å². The summed E-state index contributed by atoms with van der Waals surface area (Å²) in [5.74, 6) is 2.25. The third-order valence-electron chi connectivity index (χ3n) is 6.55. The van der Waals surface area contributed by atoms with E-state index in [1.54, 1.807) is 13.3 Å². The van der Waals surface area contributed by atoms with Crippen molar-refractivity contribution in [2.24, 2.45) is 0 Å². The number of ether oxygens (including phenoxy) is 2. The van der Waals surface area contributed by atoms with Gasteiger partial charge in [0.15, 0.2) is 0 Å². The first-order chi connectivity index (χ1) is 17.1. The number of likely N-dealkylation sites (tertiary alicyclic amines) is 1. The standard InChI is InChI=1S/C28H28N4O3/c1-4-27(33)31-16-6-7-21(18-31)32-24-14-15-29-17-23(24)28(30-32)20-10-12-22(13-11-20)35-26-9-5-8-25(34-3)19(26)2/h4-5,8-15,17,21H,1,6-7,16,18H2,2-3H3/t21-/m1/s1. The number of fused-ring (bicyclic) bond motifs is 1. The van der Waals surface area contributed by atoms with E-state index in [1.165, 1.54) is 6.08 Å². The molecule has 1 saturated heterocycles. The van der Waals surface area contributed by atoms with Crippen LogP contribution in [0.15, 0.2) is 73.6 Å². The maximum atomic E-state index is 12.2. The number of aromatic nitrogens is 3. The Labute approximate surface area is 204 Å². The molecule has 0 spiro atoms. The van der Waals surface area contributed by atoms with Crippen LogP contribution in [0.5, 0.6) is 17.2 Å². The van der Waals surface area contributed by atoms with Crippen LogP contribution < -0.4 is 9.47 Å². The topological polar surface area (TPSA) is 69.5 Å². The molecular weight excluding hydrogens is 440 g/mol. The number of hydrogen-bond acceptors (Lipinski definition) is 5. The van der Waals surface area contributed by atoms with Crippen molar-refractivity contribution in [2.75, 3.05) is 20.2 Å². The van der Waals surface area contributed by atoms with Crippen molar-refractivity contribution < 1.29 is 14.3 Å². The van der Waals surface area contributed by atoms with Crippen molar-refractivity contribution >= 4 is 16.8 Å². The highest BCUT2D eigenvalue weighted by Crippen LogP contribution is 2.35. The van der Waals surface area contributed by atoms with Gasteiger partial charge >= 0.3 is 0 Å². The van der Waals surface area contributed by atoms with Crippen molar-refractivity contribution in [1.82, 2.24) is 19.7 Å². The molecule has 0 N–H and O–H groups in total. The molecule has 1 aliphatic heterocycles. The largest absolute Gasteiger partial charge is 0.496 e. The van der Waals surface area contributed by atoms with Gasteiger partial charge in [0.2, 0.25) is 5.91 Å². The number of benzene rings is 2. The monoisotopic (exact) mass is 468 g/mol. The maximum Gasteiger partial charge on any atom is 0.246 e. The zero-order chi connectivity index (χ0) is 24.4.